The molecular weight excluding hydrogens is 332 g/mol. The van der Waals surface area contributed by atoms with Crippen molar-refractivity contribution < 1.29 is 10.2 Å². The molecule has 3 aromatic rings. The smallest absolute Gasteiger partial charge is 0.116 e. The van der Waals surface area contributed by atoms with Crippen LogP contribution >= 0.6 is 0 Å². The molecule has 0 amide bonds. The molecule has 0 fully saturated rings. The molecule has 2 nitrogen and oxygen atoms in total. The second-order valence-electron chi connectivity index (χ2n) is 5.52. The maximum absolute atomic E-state index is 9.49. The Kier molecular flexibility index (Phi) is 10.4. The Labute approximate surface area is 163 Å². The van der Waals surface area contributed by atoms with Gasteiger partial charge in [-0.05, 0) is 65.6 Å². The van der Waals surface area contributed by atoms with E-state index >= 15 is 0 Å². The number of hydrogen-bond acceptors (Lipinski definition) is 2. The number of aryl methyl sites for hydroxylation is 1. The summed E-state index contributed by atoms with van der Waals surface area (Å²) >= 11 is 0. The van der Waals surface area contributed by atoms with E-state index in [1.54, 1.807) is 12.1 Å². The fourth-order valence-electron chi connectivity index (χ4n) is 2.49. The van der Waals surface area contributed by atoms with Gasteiger partial charge in [0.1, 0.15) is 5.75 Å². The van der Waals surface area contributed by atoms with Crippen LogP contribution in [0, 0.1) is 11.8 Å². The molecular formula is C25H30O2. The molecule has 2 heteroatoms. The predicted octanol–water partition coefficient (Wildman–Crippen LogP) is 5.92. The molecule has 0 aliphatic rings. The fraction of sp³-hybridized carbons (Fsp3) is 0.280. The number of rotatable bonds is 3. The molecule has 0 aliphatic carbocycles. The Morgan fingerprint density at radius 1 is 0.704 bits per heavy atom. The van der Waals surface area contributed by atoms with Gasteiger partial charge in [0.2, 0.25) is 0 Å². The highest BCUT2D eigenvalue weighted by molar-refractivity contribution is 5.85. The van der Waals surface area contributed by atoms with Crippen molar-refractivity contribution in [3.05, 3.63) is 77.4 Å². The molecule has 2 N–H and O–H groups in total. The molecule has 27 heavy (non-hydrogen) atoms. The number of benzene rings is 3. The normalized spacial score (nSPS) is 9.22. The van der Waals surface area contributed by atoms with E-state index in [1.807, 2.05) is 64.1 Å². The Bertz CT molecular complexity index is 868. The average Bonchev–Trinajstić information content (AvgIpc) is 2.74. The molecule has 142 valence electrons. The van der Waals surface area contributed by atoms with Crippen molar-refractivity contribution >= 4 is 10.8 Å². The first-order valence-corrected chi connectivity index (χ1v) is 9.69. The van der Waals surface area contributed by atoms with E-state index in [1.165, 1.54) is 5.56 Å². The summed E-state index contributed by atoms with van der Waals surface area (Å²) in [7, 11) is 0. The molecule has 0 saturated heterocycles. The lowest BCUT2D eigenvalue weighted by atomic mass is 10.1. The zero-order valence-corrected chi connectivity index (χ0v) is 16.8. The van der Waals surface area contributed by atoms with Crippen LogP contribution in [0.2, 0.25) is 0 Å². The topological polar surface area (TPSA) is 40.5 Å². The average molecular weight is 363 g/mol. The van der Waals surface area contributed by atoms with Crippen LogP contribution < -0.4 is 0 Å². The summed E-state index contributed by atoms with van der Waals surface area (Å²) in [6.45, 7) is 8.22. The van der Waals surface area contributed by atoms with Gasteiger partial charge in [-0.1, -0.05) is 63.8 Å². The molecule has 3 aromatic carbocycles. The quantitative estimate of drug-likeness (QED) is 0.568. The third-order valence-electron chi connectivity index (χ3n) is 3.75. The summed E-state index contributed by atoms with van der Waals surface area (Å²) in [5, 5.41) is 20.4. The molecule has 0 aromatic heterocycles. The van der Waals surface area contributed by atoms with Crippen molar-refractivity contribution in [3.8, 4) is 17.6 Å². The molecule has 0 radical (unpaired) electrons. The highest BCUT2D eigenvalue weighted by Crippen LogP contribution is 2.20. The Morgan fingerprint density at radius 2 is 1.26 bits per heavy atom. The molecule has 0 aliphatic heterocycles. The summed E-state index contributed by atoms with van der Waals surface area (Å²) in [6.07, 6.45) is 1.68. The van der Waals surface area contributed by atoms with Crippen molar-refractivity contribution in [1.82, 2.24) is 0 Å². The Balaban J connectivity index is 0.000000855. The van der Waals surface area contributed by atoms with E-state index in [4.69, 9.17) is 5.11 Å². The SMILES string of the molecule is CC.CC.OCCCc1ccc(C#Cc2ccc3cc(O)ccc3c2)cc1. The van der Waals surface area contributed by atoms with Crippen molar-refractivity contribution in [2.75, 3.05) is 6.61 Å². The maximum atomic E-state index is 9.49. The van der Waals surface area contributed by atoms with Crippen LogP contribution in [-0.4, -0.2) is 16.8 Å². The molecule has 0 heterocycles. The molecule has 0 spiro atoms. The van der Waals surface area contributed by atoms with Crippen LogP contribution in [0.25, 0.3) is 10.8 Å². The van der Waals surface area contributed by atoms with Gasteiger partial charge < -0.3 is 10.2 Å². The molecule has 0 bridgehead atoms. The van der Waals surface area contributed by atoms with Crippen LogP contribution in [0.5, 0.6) is 5.75 Å². The highest BCUT2D eigenvalue weighted by Gasteiger charge is 1.97. The van der Waals surface area contributed by atoms with Gasteiger partial charge in [-0.2, -0.15) is 0 Å². The third-order valence-corrected chi connectivity index (χ3v) is 3.75. The van der Waals surface area contributed by atoms with E-state index in [2.05, 4.69) is 24.0 Å². The van der Waals surface area contributed by atoms with Gasteiger partial charge in [0, 0.05) is 17.7 Å². The van der Waals surface area contributed by atoms with Gasteiger partial charge >= 0.3 is 0 Å². The van der Waals surface area contributed by atoms with Crippen LogP contribution in [0.1, 0.15) is 50.8 Å². The number of aromatic hydroxyl groups is 1. The van der Waals surface area contributed by atoms with Crippen molar-refractivity contribution in [1.29, 1.82) is 0 Å². The summed E-state index contributed by atoms with van der Waals surface area (Å²) in [5.41, 5.74) is 3.14. The minimum atomic E-state index is 0.224. The molecule has 0 atom stereocenters. The zero-order chi connectivity index (χ0) is 20.1. The second kappa shape index (κ2) is 12.6. The monoisotopic (exact) mass is 362 g/mol. The standard InChI is InChI=1S/C21H18O2.2C2H6/c22-13-1-2-16-3-5-17(6-4-16)7-8-18-9-10-20-15-21(23)12-11-19(20)14-18;2*1-2/h3-6,9-12,14-15,22-23H,1-2,13H2;2*1-2H3. The highest BCUT2D eigenvalue weighted by atomic mass is 16.3. The molecule has 0 saturated carbocycles. The van der Waals surface area contributed by atoms with E-state index in [0.717, 1.165) is 34.7 Å². The number of aliphatic hydroxyl groups is 1. The zero-order valence-electron chi connectivity index (χ0n) is 16.8. The lowest BCUT2D eigenvalue weighted by Gasteiger charge is -2.00. The number of fused-ring (bicyclic) bond motifs is 1. The van der Waals surface area contributed by atoms with Gasteiger partial charge in [-0.25, -0.2) is 0 Å². The van der Waals surface area contributed by atoms with E-state index in [0.29, 0.717) is 0 Å². The number of aliphatic hydroxyl groups excluding tert-OH is 1. The van der Waals surface area contributed by atoms with Crippen molar-refractivity contribution in [2.45, 2.75) is 40.5 Å². The predicted molar refractivity (Wildman–Crippen MR) is 116 cm³/mol. The number of phenolic OH excluding ortho intramolecular Hbond substituents is 1. The fourth-order valence-corrected chi connectivity index (χ4v) is 2.49. The first-order chi connectivity index (χ1) is 13.2. The van der Waals surface area contributed by atoms with Crippen LogP contribution in [0.4, 0.5) is 0 Å². The first kappa shape index (κ1) is 22.3. The number of hydrogen-bond donors (Lipinski definition) is 2. The van der Waals surface area contributed by atoms with E-state index in [-0.39, 0.29) is 12.4 Å². The Hall–Kier alpha value is -2.76. The minimum Gasteiger partial charge on any atom is -0.508 e. The van der Waals surface area contributed by atoms with Crippen LogP contribution in [0.15, 0.2) is 60.7 Å². The first-order valence-electron chi connectivity index (χ1n) is 9.69. The van der Waals surface area contributed by atoms with E-state index in [9.17, 15) is 5.11 Å². The summed E-state index contributed by atoms with van der Waals surface area (Å²) in [4.78, 5) is 0. The second-order valence-corrected chi connectivity index (χ2v) is 5.52. The summed E-state index contributed by atoms with van der Waals surface area (Å²) in [5.74, 6) is 6.62. The summed E-state index contributed by atoms with van der Waals surface area (Å²) in [6, 6.07) is 19.4. The van der Waals surface area contributed by atoms with Gasteiger partial charge in [0.05, 0.1) is 0 Å². The van der Waals surface area contributed by atoms with Crippen molar-refractivity contribution in [2.24, 2.45) is 0 Å². The number of phenols is 1. The summed E-state index contributed by atoms with van der Waals surface area (Å²) < 4.78 is 0. The van der Waals surface area contributed by atoms with E-state index < -0.39 is 0 Å². The minimum absolute atomic E-state index is 0.224. The maximum Gasteiger partial charge on any atom is 0.116 e. The lowest BCUT2D eigenvalue weighted by Crippen LogP contribution is -1.89. The van der Waals surface area contributed by atoms with Gasteiger partial charge in [-0.15, -0.1) is 0 Å². The van der Waals surface area contributed by atoms with Crippen LogP contribution in [0.3, 0.4) is 0 Å². The van der Waals surface area contributed by atoms with Gasteiger partial charge in [0.15, 0.2) is 0 Å². The third kappa shape index (κ3) is 7.17. The molecule has 0 unspecified atom stereocenters. The van der Waals surface area contributed by atoms with Gasteiger partial charge in [-0.3, -0.25) is 0 Å². The van der Waals surface area contributed by atoms with Crippen LogP contribution in [-0.2, 0) is 6.42 Å². The largest absolute Gasteiger partial charge is 0.508 e. The van der Waals surface area contributed by atoms with Crippen molar-refractivity contribution in [3.63, 3.8) is 0 Å². The lowest BCUT2D eigenvalue weighted by molar-refractivity contribution is 0.288. The van der Waals surface area contributed by atoms with Gasteiger partial charge in [0.25, 0.3) is 0 Å². The molecule has 3 rings (SSSR count). The Morgan fingerprint density at radius 3 is 1.93 bits per heavy atom.